The summed E-state index contributed by atoms with van der Waals surface area (Å²) in [5.41, 5.74) is -1.41. The fourth-order valence-electron chi connectivity index (χ4n) is 1.93. The second-order valence-corrected chi connectivity index (χ2v) is 4.44. The summed E-state index contributed by atoms with van der Waals surface area (Å²) in [5, 5.41) is 9.35. The molecule has 114 valence electrons. The van der Waals surface area contributed by atoms with Crippen LogP contribution in [0.15, 0.2) is 12.1 Å². The molecule has 0 saturated heterocycles. The van der Waals surface area contributed by atoms with E-state index in [1.807, 2.05) is 0 Å². The topological polar surface area (TPSA) is 46.2 Å². The van der Waals surface area contributed by atoms with Crippen LogP contribution >= 0.6 is 0 Å². The molecule has 1 rings (SSSR count). The van der Waals surface area contributed by atoms with Crippen molar-refractivity contribution < 1.29 is 31.4 Å². The number of hydrogen-bond donors (Lipinski definition) is 2. The van der Waals surface area contributed by atoms with Gasteiger partial charge in [-0.25, -0.2) is 0 Å². The van der Waals surface area contributed by atoms with Crippen LogP contribution in [0.5, 0.6) is 0 Å². The van der Waals surface area contributed by atoms with E-state index in [9.17, 15) is 31.4 Å². The van der Waals surface area contributed by atoms with Gasteiger partial charge < -0.3 is 10.8 Å². The Bertz CT molecular complexity index is 492. The molecule has 0 aliphatic carbocycles. The van der Waals surface area contributed by atoms with Gasteiger partial charge in [0.05, 0.1) is 0 Å². The van der Waals surface area contributed by atoms with Crippen molar-refractivity contribution in [2.24, 2.45) is 0 Å². The van der Waals surface area contributed by atoms with Crippen molar-refractivity contribution in [3.63, 3.8) is 0 Å². The predicted molar refractivity (Wildman–Crippen MR) is 61.0 cm³/mol. The number of alkyl halides is 6. The minimum atomic E-state index is -5.93. The van der Waals surface area contributed by atoms with Gasteiger partial charge in [-0.2, -0.15) is 26.3 Å². The van der Waals surface area contributed by atoms with E-state index in [2.05, 4.69) is 0 Å². The number of nitrogens with two attached hydrogens (primary N) is 1. The van der Waals surface area contributed by atoms with Crippen molar-refractivity contribution in [3.05, 3.63) is 28.8 Å². The Kier molecular flexibility index (Phi) is 4.02. The Balaban J connectivity index is 3.73. The van der Waals surface area contributed by atoms with Crippen molar-refractivity contribution in [2.75, 3.05) is 5.73 Å². The molecule has 3 N–H and O–H groups in total. The highest BCUT2D eigenvalue weighted by Crippen LogP contribution is 2.52. The van der Waals surface area contributed by atoms with Crippen molar-refractivity contribution in [2.45, 2.75) is 38.2 Å². The van der Waals surface area contributed by atoms with Crippen molar-refractivity contribution in [1.82, 2.24) is 0 Å². The first kappa shape index (κ1) is 16.6. The minimum Gasteiger partial charge on any atom is -0.398 e. The number of halogens is 6. The van der Waals surface area contributed by atoms with E-state index in [4.69, 9.17) is 5.73 Å². The molecular formula is C12H13F6NO. The number of aryl methyl sites for hydroxylation is 2. The largest absolute Gasteiger partial charge is 0.430 e. The van der Waals surface area contributed by atoms with Crippen molar-refractivity contribution in [3.8, 4) is 0 Å². The lowest BCUT2D eigenvalue weighted by molar-refractivity contribution is -0.376. The monoisotopic (exact) mass is 301 g/mol. The van der Waals surface area contributed by atoms with Gasteiger partial charge in [-0.3, -0.25) is 0 Å². The van der Waals surface area contributed by atoms with E-state index in [0.29, 0.717) is 6.07 Å². The molecular weight excluding hydrogens is 288 g/mol. The maximum atomic E-state index is 12.8. The molecule has 0 unspecified atom stereocenters. The summed E-state index contributed by atoms with van der Waals surface area (Å²) in [6.07, 6.45) is -11.7. The van der Waals surface area contributed by atoms with Gasteiger partial charge in [-0.15, -0.1) is 0 Å². The summed E-state index contributed by atoms with van der Waals surface area (Å²) in [6, 6.07) is 1.99. The second-order valence-electron chi connectivity index (χ2n) is 4.44. The maximum Gasteiger partial charge on any atom is 0.430 e. The molecule has 0 spiro atoms. The summed E-state index contributed by atoms with van der Waals surface area (Å²) < 4.78 is 76.8. The number of rotatable bonds is 2. The zero-order valence-corrected chi connectivity index (χ0v) is 10.7. The normalized spacial score (nSPS) is 13.7. The first-order chi connectivity index (χ1) is 8.86. The zero-order valence-electron chi connectivity index (χ0n) is 10.7. The third-order valence-electron chi connectivity index (χ3n) is 3.00. The lowest BCUT2D eigenvalue weighted by atomic mass is 9.87. The van der Waals surface area contributed by atoms with Crippen molar-refractivity contribution >= 4 is 5.69 Å². The van der Waals surface area contributed by atoms with Crippen LogP contribution in [-0.4, -0.2) is 17.5 Å². The first-order valence-corrected chi connectivity index (χ1v) is 5.61. The molecule has 0 heterocycles. The van der Waals surface area contributed by atoms with Crippen LogP contribution in [-0.2, 0) is 12.0 Å². The molecule has 0 bridgehead atoms. The predicted octanol–water partition coefficient (Wildman–Crippen LogP) is 3.45. The Morgan fingerprint density at radius 2 is 1.50 bits per heavy atom. The first-order valence-electron chi connectivity index (χ1n) is 5.61. The maximum absolute atomic E-state index is 12.8. The number of benzene rings is 1. The molecule has 0 atom stereocenters. The highest BCUT2D eigenvalue weighted by molar-refractivity contribution is 5.59. The molecule has 0 amide bonds. The van der Waals surface area contributed by atoms with Gasteiger partial charge in [0.15, 0.2) is 0 Å². The standard InChI is InChI=1S/C12H13F6NO/c1-3-7-4-6(2)5-8(9(7)19)10(20,11(13,14)15)12(16,17)18/h4-5,20H,3,19H2,1-2H3. The summed E-state index contributed by atoms with van der Waals surface area (Å²) in [4.78, 5) is 0. The molecule has 2 nitrogen and oxygen atoms in total. The Labute approximate surface area is 111 Å². The summed E-state index contributed by atoms with van der Waals surface area (Å²) >= 11 is 0. The van der Waals surface area contributed by atoms with E-state index >= 15 is 0 Å². The minimum absolute atomic E-state index is 0.118. The van der Waals surface area contributed by atoms with Crippen LogP contribution in [0.25, 0.3) is 0 Å². The average molecular weight is 301 g/mol. The highest BCUT2D eigenvalue weighted by atomic mass is 19.4. The second kappa shape index (κ2) is 4.83. The lowest BCUT2D eigenvalue weighted by Gasteiger charge is -2.34. The number of anilines is 1. The van der Waals surface area contributed by atoms with Crippen LogP contribution in [0.4, 0.5) is 32.0 Å². The molecule has 0 radical (unpaired) electrons. The molecule has 0 aromatic heterocycles. The fraction of sp³-hybridized carbons (Fsp3) is 0.500. The smallest absolute Gasteiger partial charge is 0.398 e. The third-order valence-corrected chi connectivity index (χ3v) is 3.00. The van der Waals surface area contributed by atoms with E-state index in [1.54, 1.807) is 0 Å². The Hall–Kier alpha value is -1.44. The molecule has 0 saturated carbocycles. The summed E-state index contributed by atoms with van der Waals surface area (Å²) in [6.45, 7) is 2.87. The summed E-state index contributed by atoms with van der Waals surface area (Å²) in [5.74, 6) is 0. The van der Waals surface area contributed by atoms with E-state index < -0.39 is 29.2 Å². The highest BCUT2D eigenvalue weighted by Gasteiger charge is 2.72. The van der Waals surface area contributed by atoms with E-state index in [0.717, 1.165) is 0 Å². The molecule has 0 aliphatic heterocycles. The van der Waals surface area contributed by atoms with Crippen LogP contribution in [0, 0.1) is 6.92 Å². The SMILES string of the molecule is CCc1cc(C)cc(C(O)(C(F)(F)F)C(F)(F)F)c1N. The van der Waals surface area contributed by atoms with Gasteiger partial charge >= 0.3 is 12.4 Å². The molecule has 1 aromatic carbocycles. The molecule has 20 heavy (non-hydrogen) atoms. The Morgan fingerprint density at radius 1 is 1.05 bits per heavy atom. The van der Waals surface area contributed by atoms with E-state index in [1.165, 1.54) is 19.9 Å². The van der Waals surface area contributed by atoms with E-state index in [-0.39, 0.29) is 17.5 Å². The van der Waals surface area contributed by atoms with Crippen molar-refractivity contribution in [1.29, 1.82) is 0 Å². The van der Waals surface area contributed by atoms with Gasteiger partial charge in [-0.1, -0.05) is 24.6 Å². The van der Waals surface area contributed by atoms with Crippen LogP contribution in [0.3, 0.4) is 0 Å². The number of aliphatic hydroxyl groups is 1. The van der Waals surface area contributed by atoms with Gasteiger partial charge in [0, 0.05) is 11.3 Å². The zero-order chi connectivity index (χ0) is 15.9. The quantitative estimate of drug-likeness (QED) is 0.649. The number of nitrogen functional groups attached to an aromatic ring is 1. The molecule has 0 fully saturated rings. The van der Waals surface area contributed by atoms with Crippen LogP contribution < -0.4 is 5.73 Å². The van der Waals surface area contributed by atoms with Gasteiger partial charge in [0.1, 0.15) is 0 Å². The van der Waals surface area contributed by atoms with Gasteiger partial charge in [-0.05, 0) is 18.9 Å². The number of hydrogen-bond acceptors (Lipinski definition) is 2. The summed E-state index contributed by atoms with van der Waals surface area (Å²) in [7, 11) is 0. The molecule has 1 aromatic rings. The molecule has 8 heteroatoms. The lowest BCUT2D eigenvalue weighted by Crippen LogP contribution is -2.54. The molecule has 0 aliphatic rings. The average Bonchev–Trinajstić information content (AvgIpc) is 2.27. The fourth-order valence-corrected chi connectivity index (χ4v) is 1.93. The van der Waals surface area contributed by atoms with Crippen LogP contribution in [0.1, 0.15) is 23.6 Å². The van der Waals surface area contributed by atoms with Gasteiger partial charge in [0.25, 0.3) is 5.60 Å². The van der Waals surface area contributed by atoms with Crippen LogP contribution in [0.2, 0.25) is 0 Å². The third kappa shape index (κ3) is 2.44. The van der Waals surface area contributed by atoms with Gasteiger partial charge in [0.2, 0.25) is 0 Å². The Morgan fingerprint density at radius 3 is 1.85 bits per heavy atom.